The molecule has 0 aromatic rings. The van der Waals surface area contributed by atoms with Crippen LogP contribution in [0.1, 0.15) is 33.6 Å². The first-order chi connectivity index (χ1) is 6.57. The molecule has 0 atom stereocenters. The van der Waals surface area contributed by atoms with Gasteiger partial charge in [-0.3, -0.25) is 0 Å². The van der Waals surface area contributed by atoms with Crippen LogP contribution in [-0.4, -0.2) is 24.5 Å². The second-order valence-electron chi connectivity index (χ2n) is 3.83. The topological polar surface area (TPSA) is 32.3 Å². The summed E-state index contributed by atoms with van der Waals surface area (Å²) >= 11 is 0. The van der Waals surface area contributed by atoms with E-state index in [-0.39, 0.29) is 6.03 Å². The second-order valence-corrected chi connectivity index (χ2v) is 3.83. The summed E-state index contributed by atoms with van der Waals surface area (Å²) in [4.78, 5) is 13.1. The number of nitrogens with zero attached hydrogens (tertiary/aromatic N) is 1. The zero-order valence-electron chi connectivity index (χ0n) is 9.71. The Bertz CT molecular complexity index is 188. The number of nitrogens with one attached hydrogen (secondary N) is 1. The van der Waals surface area contributed by atoms with Crippen molar-refractivity contribution in [1.29, 1.82) is 0 Å². The van der Waals surface area contributed by atoms with Gasteiger partial charge < -0.3 is 10.2 Å². The van der Waals surface area contributed by atoms with Crippen LogP contribution in [0.25, 0.3) is 0 Å². The number of rotatable bonds is 5. The van der Waals surface area contributed by atoms with Gasteiger partial charge in [-0.05, 0) is 12.3 Å². The number of allylic oxidation sites excluding steroid dienone is 1. The molecule has 0 fully saturated rings. The monoisotopic (exact) mass is 198 g/mol. The summed E-state index contributed by atoms with van der Waals surface area (Å²) in [5, 5.41) is 2.73. The first kappa shape index (κ1) is 13.0. The molecule has 0 aliphatic heterocycles. The van der Waals surface area contributed by atoms with Crippen molar-refractivity contribution in [1.82, 2.24) is 10.2 Å². The van der Waals surface area contributed by atoms with E-state index in [9.17, 15) is 4.79 Å². The van der Waals surface area contributed by atoms with Crippen molar-refractivity contribution >= 4 is 6.03 Å². The van der Waals surface area contributed by atoms with Crippen LogP contribution in [0.15, 0.2) is 12.3 Å². The highest BCUT2D eigenvalue weighted by Crippen LogP contribution is 1.94. The molecule has 0 bridgehead atoms. The molecule has 0 radical (unpaired) electrons. The van der Waals surface area contributed by atoms with Gasteiger partial charge in [0, 0.05) is 19.8 Å². The minimum atomic E-state index is -0.0321. The smallest absolute Gasteiger partial charge is 0.321 e. The van der Waals surface area contributed by atoms with Crippen LogP contribution in [0.4, 0.5) is 4.79 Å². The molecule has 0 saturated heterocycles. The second kappa shape index (κ2) is 7.42. The molecule has 14 heavy (non-hydrogen) atoms. The van der Waals surface area contributed by atoms with Gasteiger partial charge in [-0.1, -0.05) is 33.3 Å². The molecule has 0 aromatic heterocycles. The predicted molar refractivity (Wildman–Crippen MR) is 60.0 cm³/mol. The van der Waals surface area contributed by atoms with Gasteiger partial charge in [0.1, 0.15) is 0 Å². The van der Waals surface area contributed by atoms with Crippen molar-refractivity contribution < 1.29 is 4.79 Å². The van der Waals surface area contributed by atoms with Gasteiger partial charge in [0.25, 0.3) is 0 Å². The maximum atomic E-state index is 11.4. The van der Waals surface area contributed by atoms with E-state index in [0.717, 1.165) is 19.4 Å². The first-order valence-corrected chi connectivity index (χ1v) is 5.26. The molecule has 0 unspecified atom stereocenters. The van der Waals surface area contributed by atoms with E-state index in [0.29, 0.717) is 5.92 Å². The summed E-state index contributed by atoms with van der Waals surface area (Å²) in [5.41, 5.74) is 0. The van der Waals surface area contributed by atoms with E-state index in [1.54, 1.807) is 11.1 Å². The fourth-order valence-electron chi connectivity index (χ4n) is 0.919. The lowest BCUT2D eigenvalue weighted by Crippen LogP contribution is -2.34. The minimum absolute atomic E-state index is 0.0321. The molecule has 2 amide bonds. The van der Waals surface area contributed by atoms with E-state index in [1.807, 2.05) is 13.1 Å². The largest absolute Gasteiger partial charge is 0.328 e. The van der Waals surface area contributed by atoms with E-state index in [1.165, 1.54) is 0 Å². The molecule has 0 rings (SSSR count). The predicted octanol–water partition coefficient (Wildman–Crippen LogP) is 2.60. The SMILES string of the molecule is CCCCN(C)C(=O)N/C=C/C(C)C. The van der Waals surface area contributed by atoms with Crippen LogP contribution in [0.3, 0.4) is 0 Å². The van der Waals surface area contributed by atoms with Crippen LogP contribution in [0.5, 0.6) is 0 Å². The number of amides is 2. The molecule has 0 aromatic carbocycles. The lowest BCUT2D eigenvalue weighted by molar-refractivity contribution is 0.212. The third kappa shape index (κ3) is 6.52. The van der Waals surface area contributed by atoms with Gasteiger partial charge in [-0.15, -0.1) is 0 Å². The number of unbranched alkanes of at least 4 members (excludes halogenated alkanes) is 1. The summed E-state index contributed by atoms with van der Waals surface area (Å²) in [7, 11) is 1.81. The van der Waals surface area contributed by atoms with Crippen LogP contribution < -0.4 is 5.32 Å². The molecule has 0 heterocycles. The highest BCUT2D eigenvalue weighted by atomic mass is 16.2. The fraction of sp³-hybridized carbons (Fsp3) is 0.727. The lowest BCUT2D eigenvalue weighted by Gasteiger charge is -2.15. The van der Waals surface area contributed by atoms with Crippen molar-refractivity contribution in [2.24, 2.45) is 5.92 Å². The zero-order valence-corrected chi connectivity index (χ0v) is 9.71. The van der Waals surface area contributed by atoms with Gasteiger partial charge in [-0.25, -0.2) is 4.79 Å². The third-order valence-corrected chi connectivity index (χ3v) is 1.88. The summed E-state index contributed by atoms with van der Waals surface area (Å²) in [6.45, 7) is 7.08. The molecule has 0 saturated carbocycles. The molecular formula is C11H22N2O. The fourth-order valence-corrected chi connectivity index (χ4v) is 0.919. The molecule has 0 aliphatic carbocycles. The third-order valence-electron chi connectivity index (χ3n) is 1.88. The standard InChI is InChI=1S/C11H22N2O/c1-5-6-9-13(4)11(14)12-8-7-10(2)3/h7-8,10H,5-6,9H2,1-4H3,(H,12,14)/b8-7+. The summed E-state index contributed by atoms with van der Waals surface area (Å²) in [6.07, 6.45) is 5.85. The maximum Gasteiger partial charge on any atom is 0.321 e. The maximum absolute atomic E-state index is 11.4. The van der Waals surface area contributed by atoms with E-state index in [4.69, 9.17) is 0 Å². The van der Waals surface area contributed by atoms with Crippen LogP contribution in [-0.2, 0) is 0 Å². The van der Waals surface area contributed by atoms with Gasteiger partial charge >= 0.3 is 6.03 Å². The average molecular weight is 198 g/mol. The normalized spacial score (nSPS) is 10.9. The van der Waals surface area contributed by atoms with Crippen LogP contribution >= 0.6 is 0 Å². The molecule has 0 spiro atoms. The van der Waals surface area contributed by atoms with Gasteiger partial charge in [-0.2, -0.15) is 0 Å². The highest BCUT2D eigenvalue weighted by molar-refractivity contribution is 5.74. The van der Waals surface area contributed by atoms with Crippen molar-refractivity contribution in [3.63, 3.8) is 0 Å². The molecular weight excluding hydrogens is 176 g/mol. The Morgan fingerprint density at radius 1 is 1.50 bits per heavy atom. The molecule has 1 N–H and O–H groups in total. The number of hydrogen-bond acceptors (Lipinski definition) is 1. The van der Waals surface area contributed by atoms with Gasteiger partial charge in [0.05, 0.1) is 0 Å². The highest BCUT2D eigenvalue weighted by Gasteiger charge is 2.04. The van der Waals surface area contributed by atoms with E-state index in [2.05, 4.69) is 26.1 Å². The van der Waals surface area contributed by atoms with Crippen molar-refractivity contribution in [2.45, 2.75) is 33.6 Å². The number of carbonyl (C=O) groups is 1. The number of urea groups is 1. The van der Waals surface area contributed by atoms with Crippen LogP contribution in [0, 0.1) is 5.92 Å². The Balaban J connectivity index is 3.72. The van der Waals surface area contributed by atoms with Gasteiger partial charge in [0.15, 0.2) is 0 Å². The average Bonchev–Trinajstić information content (AvgIpc) is 2.13. The lowest BCUT2D eigenvalue weighted by atomic mass is 10.2. The Kier molecular flexibility index (Phi) is 6.89. The van der Waals surface area contributed by atoms with Crippen molar-refractivity contribution in [3.05, 3.63) is 12.3 Å². The number of carbonyl (C=O) groups excluding carboxylic acids is 1. The van der Waals surface area contributed by atoms with Crippen molar-refractivity contribution in [2.75, 3.05) is 13.6 Å². The molecule has 0 aliphatic rings. The minimum Gasteiger partial charge on any atom is -0.328 e. The molecule has 82 valence electrons. The Labute approximate surface area is 87.2 Å². The molecule has 3 heteroatoms. The number of hydrogen-bond donors (Lipinski definition) is 1. The summed E-state index contributed by atoms with van der Waals surface area (Å²) in [5.74, 6) is 0.469. The molecule has 3 nitrogen and oxygen atoms in total. The van der Waals surface area contributed by atoms with E-state index >= 15 is 0 Å². The zero-order chi connectivity index (χ0) is 11.0. The Hall–Kier alpha value is -0.990. The summed E-state index contributed by atoms with van der Waals surface area (Å²) < 4.78 is 0. The Morgan fingerprint density at radius 2 is 2.14 bits per heavy atom. The first-order valence-electron chi connectivity index (χ1n) is 5.26. The van der Waals surface area contributed by atoms with E-state index < -0.39 is 0 Å². The van der Waals surface area contributed by atoms with Gasteiger partial charge in [0.2, 0.25) is 0 Å². The van der Waals surface area contributed by atoms with Crippen molar-refractivity contribution in [3.8, 4) is 0 Å². The summed E-state index contributed by atoms with van der Waals surface area (Å²) in [6, 6.07) is -0.0321. The quantitative estimate of drug-likeness (QED) is 0.723. The van der Waals surface area contributed by atoms with Crippen LogP contribution in [0.2, 0.25) is 0 Å². The Morgan fingerprint density at radius 3 is 2.64 bits per heavy atom.